The van der Waals surface area contributed by atoms with Crippen molar-refractivity contribution in [3.05, 3.63) is 200 Å². The minimum absolute atomic E-state index is 0.843. The smallest absolute Gasteiger partial charge is 0.0979 e. The minimum atomic E-state index is 0.843. The highest BCUT2D eigenvalue weighted by atomic mass is 15.0. The van der Waals surface area contributed by atoms with Crippen LogP contribution in [0.4, 0.5) is 0 Å². The molecule has 0 N–H and O–H groups in total. The first-order valence-electron chi connectivity index (χ1n) is 19.1. The van der Waals surface area contributed by atoms with Crippen molar-refractivity contribution in [1.82, 2.24) is 14.5 Å². The monoisotopic (exact) mass is 715 g/mol. The molecule has 0 spiro atoms. The molecule has 10 aromatic rings. The van der Waals surface area contributed by atoms with E-state index in [0.717, 1.165) is 77.8 Å². The van der Waals surface area contributed by atoms with E-state index in [0.29, 0.717) is 0 Å². The van der Waals surface area contributed by atoms with Crippen LogP contribution in [-0.4, -0.2) is 14.5 Å². The molecule has 0 saturated carbocycles. The van der Waals surface area contributed by atoms with Crippen LogP contribution < -0.4 is 0 Å². The number of para-hydroxylation sites is 1. The molecule has 0 atom stereocenters. The molecule has 0 bridgehead atoms. The van der Waals surface area contributed by atoms with Gasteiger partial charge in [0.25, 0.3) is 0 Å². The summed E-state index contributed by atoms with van der Waals surface area (Å²) in [6.45, 7) is 6.26. The van der Waals surface area contributed by atoms with Gasteiger partial charge in [-0.15, -0.1) is 0 Å². The number of fused-ring (bicyclic) bond motifs is 7. The number of nitrogens with zero attached hydrogens (tertiary/aromatic N) is 3. The summed E-state index contributed by atoms with van der Waals surface area (Å²) in [6, 6.07) is 60.5. The fourth-order valence-corrected chi connectivity index (χ4v) is 8.23. The average Bonchev–Trinajstić information content (AvgIpc) is 3.59. The Morgan fingerprint density at radius 2 is 0.982 bits per heavy atom. The van der Waals surface area contributed by atoms with Gasteiger partial charge in [-0.3, -0.25) is 4.98 Å². The topological polar surface area (TPSA) is 30.7 Å². The lowest BCUT2D eigenvalue weighted by Crippen LogP contribution is -1.96. The zero-order valence-corrected chi connectivity index (χ0v) is 31.0. The first-order chi connectivity index (χ1) is 27.7. The van der Waals surface area contributed by atoms with Gasteiger partial charge >= 0.3 is 0 Å². The molecule has 10 rings (SSSR count). The molecule has 2 heterocycles. The Balaban J connectivity index is 1.10. The summed E-state index contributed by atoms with van der Waals surface area (Å²) in [5.74, 6) is 0. The lowest BCUT2D eigenvalue weighted by molar-refractivity contribution is 1.11. The largest absolute Gasteiger partial charge is 0.309 e. The van der Waals surface area contributed by atoms with Crippen molar-refractivity contribution in [2.75, 3.05) is 0 Å². The van der Waals surface area contributed by atoms with Gasteiger partial charge in [0.2, 0.25) is 0 Å². The number of rotatable bonds is 7. The summed E-state index contributed by atoms with van der Waals surface area (Å²) in [7, 11) is 0. The Morgan fingerprint density at radius 1 is 0.482 bits per heavy atom. The number of aromatic nitrogens is 3. The zero-order valence-electron chi connectivity index (χ0n) is 31.0. The second kappa shape index (κ2) is 13.8. The number of hydrogen-bond donors (Lipinski definition) is 0. The first kappa shape index (κ1) is 33.2. The highest BCUT2D eigenvalue weighted by molar-refractivity contribution is 6.24. The molecule has 0 radical (unpaired) electrons. The summed E-state index contributed by atoms with van der Waals surface area (Å²) in [5, 5.41) is 5.73. The molecule has 0 aliphatic heterocycles. The standard InChI is InChI=1S/C53H37N3/c1-3-14-45-46-31-41(27-30-51(46)56(50(45)4-2)42-19-12-7-13-20-42)37-21-23-38(24-22-37)49-34-54-52-47-32-39(35-15-8-5-9-16-35)25-28-43(47)44-29-26-40(33-48(44)53(52)55-49)36-17-10-6-11-18-36/h3-34H,2H2,1H3/b14-3-. The first-order valence-corrected chi connectivity index (χ1v) is 19.1. The lowest BCUT2D eigenvalue weighted by atomic mass is 9.93. The van der Waals surface area contributed by atoms with E-state index in [1.807, 2.05) is 12.3 Å². The normalized spacial score (nSPS) is 11.7. The molecule has 0 amide bonds. The van der Waals surface area contributed by atoms with Crippen molar-refractivity contribution in [2.45, 2.75) is 6.92 Å². The summed E-state index contributed by atoms with van der Waals surface area (Å²) < 4.78 is 2.29. The highest BCUT2D eigenvalue weighted by Crippen LogP contribution is 2.39. The van der Waals surface area contributed by atoms with Gasteiger partial charge in [-0.25, -0.2) is 4.98 Å². The molecule has 0 fully saturated rings. The quantitative estimate of drug-likeness (QED) is 0.154. The van der Waals surface area contributed by atoms with Crippen molar-refractivity contribution in [2.24, 2.45) is 0 Å². The van der Waals surface area contributed by atoms with Crippen molar-refractivity contribution in [1.29, 1.82) is 0 Å². The van der Waals surface area contributed by atoms with Crippen LogP contribution in [0.3, 0.4) is 0 Å². The van der Waals surface area contributed by atoms with E-state index in [1.54, 1.807) is 0 Å². The molecule has 0 aliphatic carbocycles. The maximum absolute atomic E-state index is 5.40. The summed E-state index contributed by atoms with van der Waals surface area (Å²) in [4.78, 5) is 10.6. The van der Waals surface area contributed by atoms with Gasteiger partial charge in [-0.05, 0) is 93.6 Å². The van der Waals surface area contributed by atoms with Gasteiger partial charge < -0.3 is 4.57 Å². The van der Waals surface area contributed by atoms with Crippen LogP contribution in [-0.2, 0) is 0 Å². The van der Waals surface area contributed by atoms with E-state index in [-0.39, 0.29) is 0 Å². The van der Waals surface area contributed by atoms with Crippen LogP contribution in [0.1, 0.15) is 18.2 Å². The van der Waals surface area contributed by atoms with Crippen molar-refractivity contribution < 1.29 is 0 Å². The lowest BCUT2D eigenvalue weighted by Gasteiger charge is -2.13. The molecule has 56 heavy (non-hydrogen) atoms. The van der Waals surface area contributed by atoms with Gasteiger partial charge in [0.05, 0.1) is 34.1 Å². The molecular formula is C53H37N3. The third-order valence-corrected chi connectivity index (χ3v) is 10.9. The third kappa shape index (κ3) is 5.61. The van der Waals surface area contributed by atoms with Crippen LogP contribution in [0, 0.1) is 0 Å². The maximum Gasteiger partial charge on any atom is 0.0979 e. The Bertz CT molecular complexity index is 3120. The van der Waals surface area contributed by atoms with Crippen molar-refractivity contribution in [3.8, 4) is 50.3 Å². The van der Waals surface area contributed by atoms with E-state index in [4.69, 9.17) is 9.97 Å². The van der Waals surface area contributed by atoms with Gasteiger partial charge in [0.15, 0.2) is 0 Å². The minimum Gasteiger partial charge on any atom is -0.309 e. The highest BCUT2D eigenvalue weighted by Gasteiger charge is 2.17. The second-order valence-corrected chi connectivity index (χ2v) is 14.2. The molecule has 3 nitrogen and oxygen atoms in total. The predicted molar refractivity (Wildman–Crippen MR) is 238 cm³/mol. The Kier molecular flexibility index (Phi) is 8.19. The SMILES string of the molecule is C=Cc1c(/C=C\C)c2cc(-c3ccc(-c4cnc5c6cc(-c7ccccc7)ccc6c6ccc(-c7ccccc7)cc6c5n4)cc3)ccc2n1-c1ccccc1. The Morgan fingerprint density at radius 3 is 1.57 bits per heavy atom. The van der Waals surface area contributed by atoms with E-state index >= 15 is 0 Å². The number of allylic oxidation sites excluding steroid dienone is 1. The molecule has 8 aromatic carbocycles. The molecule has 0 saturated heterocycles. The summed E-state index contributed by atoms with van der Waals surface area (Å²) >= 11 is 0. The molecule has 264 valence electrons. The predicted octanol–water partition coefficient (Wildman–Crippen LogP) is 14.2. The zero-order chi connectivity index (χ0) is 37.6. The Labute approximate surface area is 326 Å². The summed E-state index contributed by atoms with van der Waals surface area (Å²) in [6.07, 6.45) is 8.16. The molecule has 0 unspecified atom stereocenters. The van der Waals surface area contributed by atoms with Gasteiger partial charge in [0, 0.05) is 33.0 Å². The van der Waals surface area contributed by atoms with E-state index in [2.05, 4.69) is 200 Å². The third-order valence-electron chi connectivity index (χ3n) is 10.9. The van der Waals surface area contributed by atoms with E-state index in [9.17, 15) is 0 Å². The van der Waals surface area contributed by atoms with Gasteiger partial charge in [0.1, 0.15) is 0 Å². The fourth-order valence-electron chi connectivity index (χ4n) is 8.23. The van der Waals surface area contributed by atoms with E-state index in [1.165, 1.54) is 27.3 Å². The van der Waals surface area contributed by atoms with Crippen molar-refractivity contribution >= 4 is 55.6 Å². The van der Waals surface area contributed by atoms with E-state index < -0.39 is 0 Å². The van der Waals surface area contributed by atoms with Crippen LogP contribution >= 0.6 is 0 Å². The van der Waals surface area contributed by atoms with Gasteiger partial charge in [-0.1, -0.05) is 152 Å². The van der Waals surface area contributed by atoms with Gasteiger partial charge in [-0.2, -0.15) is 0 Å². The molecular weight excluding hydrogens is 679 g/mol. The average molecular weight is 716 g/mol. The van der Waals surface area contributed by atoms with Crippen LogP contribution in [0.25, 0.3) is 106 Å². The maximum atomic E-state index is 5.40. The van der Waals surface area contributed by atoms with Crippen LogP contribution in [0.5, 0.6) is 0 Å². The summed E-state index contributed by atoms with van der Waals surface area (Å²) in [5.41, 5.74) is 15.2. The molecule has 3 heteroatoms. The van der Waals surface area contributed by atoms with Crippen LogP contribution in [0.15, 0.2) is 189 Å². The molecule has 0 aliphatic rings. The van der Waals surface area contributed by atoms with Crippen molar-refractivity contribution in [3.63, 3.8) is 0 Å². The fraction of sp³-hybridized carbons (Fsp3) is 0.0189. The Hall–Kier alpha value is -7.36. The molecule has 2 aromatic heterocycles. The number of benzene rings is 8. The second-order valence-electron chi connectivity index (χ2n) is 14.2. The van der Waals surface area contributed by atoms with Crippen LogP contribution in [0.2, 0.25) is 0 Å². The number of hydrogen-bond acceptors (Lipinski definition) is 2.